The second kappa shape index (κ2) is 5.19. The van der Waals surface area contributed by atoms with E-state index in [0.29, 0.717) is 0 Å². The Kier molecular flexibility index (Phi) is 3.63. The first-order chi connectivity index (χ1) is 8.60. The zero-order chi connectivity index (χ0) is 13.1. The molecule has 0 spiro atoms. The minimum atomic E-state index is -0.711. The number of rotatable bonds is 2. The second-order valence-electron chi connectivity index (χ2n) is 3.80. The highest BCUT2D eigenvalue weighted by molar-refractivity contribution is 7.99. The predicted octanol–water partition coefficient (Wildman–Crippen LogP) is 4.30. The third-order valence-corrected chi connectivity index (χ3v) is 3.47. The number of hydrogen-bond donors (Lipinski definition) is 0. The normalized spacial score (nSPS) is 10.1. The van der Waals surface area contributed by atoms with Crippen molar-refractivity contribution in [1.82, 2.24) is 0 Å². The molecule has 2 aromatic rings. The van der Waals surface area contributed by atoms with Crippen LogP contribution in [0.3, 0.4) is 0 Å². The Morgan fingerprint density at radius 2 is 1.61 bits per heavy atom. The van der Waals surface area contributed by atoms with E-state index in [4.69, 9.17) is 5.26 Å². The summed E-state index contributed by atoms with van der Waals surface area (Å²) in [5.41, 5.74) is 1.07. The molecule has 0 amide bonds. The molecule has 0 saturated carbocycles. The number of hydrogen-bond acceptors (Lipinski definition) is 2. The highest BCUT2D eigenvalue weighted by Gasteiger charge is 2.12. The first-order valence-corrected chi connectivity index (χ1v) is 6.05. The van der Waals surface area contributed by atoms with Gasteiger partial charge in [0.15, 0.2) is 0 Å². The van der Waals surface area contributed by atoms with Crippen molar-refractivity contribution in [3.8, 4) is 6.07 Å². The van der Waals surface area contributed by atoms with Gasteiger partial charge in [-0.1, -0.05) is 29.5 Å². The third-order valence-electron chi connectivity index (χ3n) is 2.37. The van der Waals surface area contributed by atoms with Gasteiger partial charge in [0.2, 0.25) is 0 Å². The van der Waals surface area contributed by atoms with Gasteiger partial charge in [-0.2, -0.15) is 5.26 Å². The smallest absolute Gasteiger partial charge is 0.141 e. The van der Waals surface area contributed by atoms with Crippen molar-refractivity contribution in [2.24, 2.45) is 0 Å². The molecular weight excluding hydrogens is 252 g/mol. The van der Waals surface area contributed by atoms with Crippen molar-refractivity contribution >= 4 is 11.8 Å². The summed E-state index contributed by atoms with van der Waals surface area (Å²) in [6, 6.07) is 11.2. The summed E-state index contributed by atoms with van der Waals surface area (Å²) in [5, 5.41) is 8.61. The number of nitrogens with zero attached hydrogens (tertiary/aromatic N) is 1. The number of nitriles is 1. The molecule has 90 valence electrons. The van der Waals surface area contributed by atoms with Gasteiger partial charge in [-0.15, -0.1) is 0 Å². The van der Waals surface area contributed by atoms with E-state index in [2.05, 4.69) is 0 Å². The molecule has 0 N–H and O–H groups in total. The topological polar surface area (TPSA) is 23.8 Å². The molecule has 0 radical (unpaired) electrons. The molecule has 0 atom stereocenters. The zero-order valence-corrected chi connectivity index (χ0v) is 10.4. The molecule has 0 aliphatic heterocycles. The summed E-state index contributed by atoms with van der Waals surface area (Å²) in [7, 11) is 0. The Balaban J connectivity index is 2.35. The van der Waals surface area contributed by atoms with Crippen molar-refractivity contribution in [2.75, 3.05) is 0 Å². The minimum absolute atomic E-state index is 0.0155. The lowest BCUT2D eigenvalue weighted by atomic mass is 10.2. The molecule has 0 bridgehead atoms. The quantitative estimate of drug-likeness (QED) is 0.805. The average Bonchev–Trinajstić information content (AvgIpc) is 2.35. The van der Waals surface area contributed by atoms with Crippen LogP contribution in [0.2, 0.25) is 0 Å². The van der Waals surface area contributed by atoms with Crippen molar-refractivity contribution in [2.45, 2.75) is 16.7 Å². The van der Waals surface area contributed by atoms with E-state index in [1.165, 1.54) is 0 Å². The molecule has 0 fully saturated rings. The molecule has 0 heterocycles. The van der Waals surface area contributed by atoms with E-state index in [1.807, 2.05) is 19.1 Å². The molecule has 1 nitrogen and oxygen atoms in total. The highest BCUT2D eigenvalue weighted by Crippen LogP contribution is 2.32. The maximum Gasteiger partial charge on any atom is 0.141 e. The average molecular weight is 261 g/mol. The fourth-order valence-corrected chi connectivity index (χ4v) is 2.27. The lowest BCUT2D eigenvalue weighted by molar-refractivity contribution is 0.540. The lowest BCUT2D eigenvalue weighted by Crippen LogP contribution is -1.90. The van der Waals surface area contributed by atoms with E-state index in [-0.39, 0.29) is 10.5 Å². The fraction of sp³-hybridized carbons (Fsp3) is 0.0714. The van der Waals surface area contributed by atoms with Crippen LogP contribution in [0, 0.1) is 29.9 Å². The van der Waals surface area contributed by atoms with Crippen LogP contribution < -0.4 is 0 Å². The van der Waals surface area contributed by atoms with Crippen LogP contribution >= 0.6 is 11.8 Å². The Hall–Kier alpha value is -1.86. The van der Waals surface area contributed by atoms with Crippen LogP contribution in [0.5, 0.6) is 0 Å². The first kappa shape index (κ1) is 12.6. The third kappa shape index (κ3) is 2.69. The molecule has 0 aliphatic rings. The summed E-state index contributed by atoms with van der Waals surface area (Å²) < 4.78 is 27.3. The van der Waals surface area contributed by atoms with E-state index >= 15 is 0 Å². The summed E-state index contributed by atoms with van der Waals surface area (Å²) in [6.07, 6.45) is 0. The molecular formula is C14H9F2NS. The Morgan fingerprint density at radius 3 is 2.11 bits per heavy atom. The molecule has 2 aromatic carbocycles. The van der Waals surface area contributed by atoms with E-state index in [0.717, 1.165) is 34.4 Å². The van der Waals surface area contributed by atoms with Gasteiger partial charge in [-0.25, -0.2) is 8.78 Å². The lowest BCUT2D eigenvalue weighted by Gasteiger charge is -2.05. The van der Waals surface area contributed by atoms with Gasteiger partial charge in [-0.3, -0.25) is 0 Å². The van der Waals surface area contributed by atoms with Crippen LogP contribution in [0.1, 0.15) is 11.1 Å². The van der Waals surface area contributed by atoms with Crippen LogP contribution in [-0.4, -0.2) is 0 Å². The van der Waals surface area contributed by atoms with Crippen LogP contribution in [0.15, 0.2) is 46.2 Å². The molecule has 0 aliphatic carbocycles. The van der Waals surface area contributed by atoms with Crippen molar-refractivity contribution in [3.63, 3.8) is 0 Å². The maximum atomic E-state index is 13.7. The van der Waals surface area contributed by atoms with Gasteiger partial charge in [-0.05, 0) is 31.2 Å². The van der Waals surface area contributed by atoms with Crippen LogP contribution in [-0.2, 0) is 0 Å². The van der Waals surface area contributed by atoms with Crippen LogP contribution in [0.25, 0.3) is 0 Å². The Morgan fingerprint density at radius 1 is 1.06 bits per heavy atom. The van der Waals surface area contributed by atoms with Gasteiger partial charge in [0.25, 0.3) is 0 Å². The zero-order valence-electron chi connectivity index (χ0n) is 9.58. The largest absolute Gasteiger partial charge is 0.206 e. The van der Waals surface area contributed by atoms with Gasteiger partial charge >= 0.3 is 0 Å². The Bertz CT molecular complexity index is 592. The van der Waals surface area contributed by atoms with Gasteiger partial charge < -0.3 is 0 Å². The summed E-state index contributed by atoms with van der Waals surface area (Å²) >= 11 is 1.01. The van der Waals surface area contributed by atoms with E-state index in [9.17, 15) is 8.78 Å². The minimum Gasteiger partial charge on any atom is -0.206 e. The standard InChI is InChI=1S/C14H9F2NS/c1-9-2-4-11(5-3-9)18-14-12(15)6-10(8-17)7-13(14)16/h2-7H,1H3. The molecule has 0 aromatic heterocycles. The van der Waals surface area contributed by atoms with Gasteiger partial charge in [0.1, 0.15) is 11.6 Å². The molecule has 0 unspecified atom stereocenters. The highest BCUT2D eigenvalue weighted by atomic mass is 32.2. The van der Waals surface area contributed by atoms with E-state index < -0.39 is 11.6 Å². The molecule has 18 heavy (non-hydrogen) atoms. The SMILES string of the molecule is Cc1ccc(Sc2c(F)cc(C#N)cc2F)cc1. The molecule has 2 rings (SSSR count). The summed E-state index contributed by atoms with van der Waals surface area (Å²) in [5.74, 6) is -1.42. The predicted molar refractivity (Wildman–Crippen MR) is 66.4 cm³/mol. The van der Waals surface area contributed by atoms with Crippen molar-refractivity contribution < 1.29 is 8.78 Å². The van der Waals surface area contributed by atoms with Crippen molar-refractivity contribution in [1.29, 1.82) is 5.26 Å². The Labute approximate surface area is 108 Å². The first-order valence-electron chi connectivity index (χ1n) is 5.24. The fourth-order valence-electron chi connectivity index (χ4n) is 1.45. The number of aryl methyl sites for hydroxylation is 1. The molecule has 0 saturated heterocycles. The number of benzene rings is 2. The second-order valence-corrected chi connectivity index (χ2v) is 4.88. The summed E-state index contributed by atoms with van der Waals surface area (Å²) in [4.78, 5) is 0.668. The van der Waals surface area contributed by atoms with Gasteiger partial charge in [0, 0.05) is 4.90 Å². The van der Waals surface area contributed by atoms with Crippen molar-refractivity contribution in [3.05, 3.63) is 59.2 Å². The maximum absolute atomic E-state index is 13.7. The van der Waals surface area contributed by atoms with E-state index in [1.54, 1.807) is 18.2 Å². The molecule has 4 heteroatoms. The van der Waals surface area contributed by atoms with Crippen LogP contribution in [0.4, 0.5) is 8.78 Å². The monoisotopic (exact) mass is 261 g/mol. The number of halogens is 2. The summed E-state index contributed by atoms with van der Waals surface area (Å²) in [6.45, 7) is 1.94. The van der Waals surface area contributed by atoms with Gasteiger partial charge in [0.05, 0.1) is 16.5 Å².